The maximum absolute atomic E-state index is 13.0. The number of rotatable bonds is 51. The van der Waals surface area contributed by atoms with Gasteiger partial charge in [0.15, 0.2) is 0 Å². The fourth-order valence-corrected chi connectivity index (χ4v) is 9.07. The van der Waals surface area contributed by atoms with Gasteiger partial charge in [0, 0.05) is 6.42 Å². The number of aliphatic hydroxyl groups excluding tert-OH is 2. The molecule has 386 valence electrons. The van der Waals surface area contributed by atoms with E-state index >= 15 is 0 Å². The van der Waals surface area contributed by atoms with Gasteiger partial charge >= 0.3 is 0 Å². The van der Waals surface area contributed by atoms with E-state index in [4.69, 9.17) is 9.05 Å². The number of carbonyl (C=O) groups excluding carboxylic acids is 1. The Kier molecular flexibility index (Phi) is 45.9. The zero-order valence-corrected chi connectivity index (χ0v) is 44.5. The van der Waals surface area contributed by atoms with E-state index in [-0.39, 0.29) is 18.9 Å². The summed E-state index contributed by atoms with van der Waals surface area (Å²) in [5.41, 5.74) is 0. The molecule has 9 nitrogen and oxygen atoms in total. The molecule has 0 spiro atoms. The first-order valence-electron chi connectivity index (χ1n) is 27.8. The number of amides is 1. The highest BCUT2D eigenvalue weighted by atomic mass is 31.2. The van der Waals surface area contributed by atoms with E-state index in [9.17, 15) is 24.5 Å². The average Bonchev–Trinajstić information content (AvgIpc) is 3.26. The smallest absolute Gasteiger partial charge is 0.268 e. The van der Waals surface area contributed by atoms with Crippen molar-refractivity contribution in [3.63, 3.8) is 0 Å². The molecule has 0 saturated carbocycles. The number of phosphoric ester groups is 1. The fourth-order valence-electron chi connectivity index (χ4n) is 8.35. The molecule has 65 heavy (non-hydrogen) atoms. The Morgan fingerprint density at radius 2 is 0.923 bits per heavy atom. The van der Waals surface area contributed by atoms with Crippen LogP contribution in [-0.2, 0) is 18.4 Å². The highest BCUT2D eigenvalue weighted by Crippen LogP contribution is 2.38. The quantitative estimate of drug-likeness (QED) is 0.0240. The van der Waals surface area contributed by atoms with Crippen molar-refractivity contribution < 1.29 is 38.0 Å². The molecule has 4 atom stereocenters. The molecule has 0 radical (unpaired) electrons. The van der Waals surface area contributed by atoms with E-state index in [1.165, 1.54) is 193 Å². The van der Waals surface area contributed by atoms with Gasteiger partial charge in [-0.05, 0) is 44.9 Å². The van der Waals surface area contributed by atoms with Crippen LogP contribution in [0.4, 0.5) is 0 Å². The van der Waals surface area contributed by atoms with Crippen molar-refractivity contribution >= 4 is 13.7 Å². The molecule has 0 bridgehead atoms. The summed E-state index contributed by atoms with van der Waals surface area (Å²) in [6, 6.07) is -1.07. The zero-order chi connectivity index (χ0) is 48.0. The van der Waals surface area contributed by atoms with E-state index in [1.807, 2.05) is 21.1 Å². The predicted molar refractivity (Wildman–Crippen MR) is 276 cm³/mol. The predicted octanol–water partition coefficient (Wildman–Crippen LogP) is 14.8. The lowest BCUT2D eigenvalue weighted by atomic mass is 9.99. The van der Waals surface area contributed by atoms with Crippen LogP contribution in [-0.4, -0.2) is 79.8 Å². The molecule has 0 fully saturated rings. The van der Waals surface area contributed by atoms with Crippen LogP contribution in [0.5, 0.6) is 0 Å². The second kappa shape index (κ2) is 46.7. The minimum atomic E-state index is -4.67. The zero-order valence-electron chi connectivity index (χ0n) is 43.6. The summed E-state index contributed by atoms with van der Waals surface area (Å²) in [4.78, 5) is 25.5. The molecule has 0 aliphatic rings. The third-order valence-corrected chi connectivity index (χ3v) is 13.7. The van der Waals surface area contributed by atoms with Crippen molar-refractivity contribution in [1.82, 2.24) is 5.32 Å². The molecule has 0 aliphatic carbocycles. The third-order valence-electron chi connectivity index (χ3n) is 12.8. The molecular formula is C55H109N2O7P. The number of hydrogen-bond acceptors (Lipinski definition) is 7. The first kappa shape index (κ1) is 63.9. The molecule has 0 aromatic carbocycles. The Morgan fingerprint density at radius 3 is 1.32 bits per heavy atom. The second-order valence-corrected chi connectivity index (χ2v) is 21.8. The Bertz CT molecular complexity index is 1130. The van der Waals surface area contributed by atoms with Crippen LogP contribution in [0.2, 0.25) is 0 Å². The van der Waals surface area contributed by atoms with Gasteiger partial charge in [-0.1, -0.05) is 237 Å². The minimum Gasteiger partial charge on any atom is -0.756 e. The summed E-state index contributed by atoms with van der Waals surface area (Å²) >= 11 is 0. The average molecular weight is 941 g/mol. The van der Waals surface area contributed by atoms with Crippen LogP contribution in [0, 0.1) is 0 Å². The summed E-state index contributed by atoms with van der Waals surface area (Å²) in [6.45, 7) is 4.45. The second-order valence-electron chi connectivity index (χ2n) is 20.4. The van der Waals surface area contributed by atoms with E-state index in [2.05, 4.69) is 43.5 Å². The number of nitrogens with one attached hydrogen (secondary N) is 1. The maximum Gasteiger partial charge on any atom is 0.268 e. The van der Waals surface area contributed by atoms with Gasteiger partial charge in [0.25, 0.3) is 7.82 Å². The molecule has 3 N–H and O–H groups in total. The van der Waals surface area contributed by atoms with Crippen molar-refractivity contribution in [2.75, 3.05) is 40.9 Å². The van der Waals surface area contributed by atoms with Crippen LogP contribution in [0.25, 0.3) is 0 Å². The standard InChI is InChI=1S/C55H109N2O7P/c1-6-8-10-12-14-16-18-20-21-22-23-24-25-26-27-28-29-30-31-32-33-34-35-36-38-40-42-44-46-48-54(59)56-52(51-64-65(61,62)63-50-49-57(3,4)5)55(60)53(58)47-45-43-41-39-37-19-17-15-13-11-9-7-2/h18,20,22-23,52-53,55,58,60H,6-17,19,21,24-51H2,1-5H3,(H-,56,59,61,62)/b20-18-,23-22-. The van der Waals surface area contributed by atoms with Crippen LogP contribution >= 0.6 is 7.82 Å². The number of unbranched alkanes of at least 4 members (excludes halogenated alkanes) is 33. The van der Waals surface area contributed by atoms with E-state index in [1.54, 1.807) is 0 Å². The molecule has 0 aromatic rings. The van der Waals surface area contributed by atoms with Crippen LogP contribution in [0.15, 0.2) is 24.3 Å². The normalized spacial score (nSPS) is 14.6. The molecule has 10 heteroatoms. The number of carbonyl (C=O) groups is 1. The van der Waals surface area contributed by atoms with Crippen molar-refractivity contribution in [3.8, 4) is 0 Å². The van der Waals surface area contributed by atoms with Crippen LogP contribution < -0.4 is 10.2 Å². The maximum atomic E-state index is 13.0. The number of phosphoric acid groups is 1. The Hall–Kier alpha value is -1.06. The van der Waals surface area contributed by atoms with Crippen molar-refractivity contribution in [3.05, 3.63) is 24.3 Å². The van der Waals surface area contributed by atoms with E-state index in [0.717, 1.165) is 44.9 Å². The molecule has 0 saturated heterocycles. The molecule has 0 heterocycles. The number of allylic oxidation sites excluding steroid dienone is 4. The Labute approximate surface area is 403 Å². The number of quaternary nitrogens is 1. The number of likely N-dealkylation sites (N-methyl/N-ethyl adjacent to an activating group) is 1. The van der Waals surface area contributed by atoms with Gasteiger partial charge in [-0.2, -0.15) is 0 Å². The number of aliphatic hydroxyl groups is 2. The molecule has 0 rings (SSSR count). The lowest BCUT2D eigenvalue weighted by molar-refractivity contribution is -0.870. The van der Waals surface area contributed by atoms with E-state index in [0.29, 0.717) is 17.4 Å². The van der Waals surface area contributed by atoms with Crippen LogP contribution in [0.3, 0.4) is 0 Å². The van der Waals surface area contributed by atoms with Crippen molar-refractivity contribution in [1.29, 1.82) is 0 Å². The monoisotopic (exact) mass is 941 g/mol. The molecule has 1 amide bonds. The lowest BCUT2D eigenvalue weighted by Crippen LogP contribution is -2.51. The van der Waals surface area contributed by atoms with Gasteiger partial charge in [-0.25, -0.2) is 0 Å². The Morgan fingerprint density at radius 1 is 0.554 bits per heavy atom. The van der Waals surface area contributed by atoms with Gasteiger partial charge in [-0.15, -0.1) is 0 Å². The molecule has 0 aromatic heterocycles. The lowest BCUT2D eigenvalue weighted by Gasteiger charge is -2.31. The summed E-state index contributed by atoms with van der Waals surface area (Å²) in [7, 11) is 1.13. The summed E-state index contributed by atoms with van der Waals surface area (Å²) in [5, 5.41) is 24.7. The largest absolute Gasteiger partial charge is 0.756 e. The van der Waals surface area contributed by atoms with Crippen molar-refractivity contribution in [2.45, 2.75) is 283 Å². The third kappa shape index (κ3) is 47.8. The van der Waals surface area contributed by atoms with Crippen molar-refractivity contribution in [2.24, 2.45) is 0 Å². The highest BCUT2D eigenvalue weighted by Gasteiger charge is 2.29. The number of hydrogen-bond donors (Lipinski definition) is 3. The molecular weight excluding hydrogens is 832 g/mol. The molecule has 0 aliphatic heterocycles. The highest BCUT2D eigenvalue weighted by molar-refractivity contribution is 7.45. The first-order chi connectivity index (χ1) is 31.4. The molecule has 4 unspecified atom stereocenters. The van der Waals surface area contributed by atoms with Gasteiger partial charge in [0.05, 0.1) is 39.9 Å². The Balaban J connectivity index is 4.14. The van der Waals surface area contributed by atoms with E-state index < -0.39 is 32.7 Å². The van der Waals surface area contributed by atoms with Gasteiger partial charge in [-0.3, -0.25) is 9.36 Å². The SMILES string of the molecule is CCCCCCC/C=C\C/C=C\CCCCCCCCCCCCCCCCCCCC(=O)NC(COP(=O)([O-])OCC[N+](C)(C)C)C(O)C(O)CCCCCCCCCCCCCC. The fraction of sp³-hybridized carbons (Fsp3) is 0.909. The first-order valence-corrected chi connectivity index (χ1v) is 29.2. The topological polar surface area (TPSA) is 128 Å². The number of nitrogens with zero attached hydrogens (tertiary/aromatic N) is 1. The summed E-state index contributed by atoms with van der Waals surface area (Å²) in [5.74, 6) is -0.275. The summed E-state index contributed by atoms with van der Waals surface area (Å²) < 4.78 is 23.2. The van der Waals surface area contributed by atoms with Crippen LogP contribution in [0.1, 0.15) is 264 Å². The van der Waals surface area contributed by atoms with Gasteiger partial charge in [0.1, 0.15) is 19.3 Å². The minimum absolute atomic E-state index is 0.0388. The summed E-state index contributed by atoms with van der Waals surface area (Å²) in [6.07, 6.45) is 53.8. The van der Waals surface area contributed by atoms with Gasteiger partial charge in [0.2, 0.25) is 5.91 Å². The van der Waals surface area contributed by atoms with Gasteiger partial charge < -0.3 is 34.0 Å².